The van der Waals surface area contributed by atoms with Crippen molar-refractivity contribution in [3.8, 4) is 26.8 Å². The molecule has 0 aliphatic heterocycles. The molecule has 0 bridgehead atoms. The Morgan fingerprint density at radius 1 is 1.14 bits per heavy atom. The Bertz CT molecular complexity index is 1840. The highest BCUT2D eigenvalue weighted by Crippen LogP contribution is 2.40. The van der Waals surface area contributed by atoms with Crippen LogP contribution in [-0.4, -0.2) is 34.6 Å². The maximum atomic E-state index is 15.1. The van der Waals surface area contributed by atoms with Crippen LogP contribution in [-0.2, 0) is 24.1 Å². The molecule has 3 heterocycles. The van der Waals surface area contributed by atoms with Gasteiger partial charge in [0, 0.05) is 38.2 Å². The lowest BCUT2D eigenvalue weighted by Crippen LogP contribution is -2.05. The van der Waals surface area contributed by atoms with Crippen LogP contribution in [0.25, 0.3) is 26.8 Å². The molecule has 8 nitrogen and oxygen atoms in total. The van der Waals surface area contributed by atoms with E-state index in [0.29, 0.717) is 39.9 Å². The number of aromatic nitrogens is 3. The van der Waals surface area contributed by atoms with Crippen LogP contribution >= 0.6 is 22.7 Å². The highest BCUT2D eigenvalue weighted by molar-refractivity contribution is 7.80. The Balaban J connectivity index is 1.53. The van der Waals surface area contributed by atoms with Gasteiger partial charge in [0.2, 0.25) is 5.13 Å². The van der Waals surface area contributed by atoms with Crippen LogP contribution in [0.4, 0.5) is 14.5 Å². The fourth-order valence-electron chi connectivity index (χ4n) is 4.83. The van der Waals surface area contributed by atoms with Crippen LogP contribution in [0, 0.1) is 24.5 Å². The van der Waals surface area contributed by atoms with Gasteiger partial charge in [-0.15, -0.1) is 22.7 Å². The van der Waals surface area contributed by atoms with Crippen LogP contribution < -0.4 is 4.72 Å². The third-order valence-corrected chi connectivity index (χ3v) is 9.24. The first-order valence-electron chi connectivity index (χ1n) is 13.0. The molecule has 1 fully saturated rings. The van der Waals surface area contributed by atoms with E-state index in [1.807, 2.05) is 19.1 Å². The van der Waals surface area contributed by atoms with E-state index in [4.69, 9.17) is 9.65 Å². The number of aryl methyl sites for hydroxylation is 1. The number of carboxylic acids is 1. The normalized spacial score (nSPS) is 13.8. The van der Waals surface area contributed by atoms with Crippen LogP contribution in [0.15, 0.2) is 53.9 Å². The molecule has 3 N–H and O–H groups in total. The van der Waals surface area contributed by atoms with E-state index < -0.39 is 23.1 Å². The lowest BCUT2D eigenvalue weighted by atomic mass is 9.95. The molecule has 1 atom stereocenters. The number of nitrogens with zero attached hydrogens (tertiary/aromatic N) is 3. The van der Waals surface area contributed by atoms with Gasteiger partial charge < -0.3 is 5.11 Å². The maximum Gasteiger partial charge on any atom is 0.355 e. The predicted molar refractivity (Wildman–Crippen MR) is 160 cm³/mol. The number of carboxylic acid groups (broad SMARTS) is 1. The van der Waals surface area contributed by atoms with Crippen molar-refractivity contribution in [1.82, 2.24) is 14.8 Å². The van der Waals surface area contributed by atoms with Gasteiger partial charge in [0.1, 0.15) is 11.6 Å². The largest absolute Gasteiger partial charge is 0.476 e. The number of halogens is 2. The summed E-state index contributed by atoms with van der Waals surface area (Å²) in [4.78, 5) is 17.8. The number of benzene rings is 2. The SMILES string of the molecule is Cc1ccc(-c2cc(-c3c(Cc4ccc(NS(=O)O)c(F)c4)c(CC4CC4)nn3-c3nc(C(=O)O)cs3)ccc2F)s1. The van der Waals surface area contributed by atoms with Gasteiger partial charge in [0.15, 0.2) is 5.69 Å². The zero-order chi connectivity index (χ0) is 29.5. The van der Waals surface area contributed by atoms with E-state index >= 15 is 4.39 Å². The van der Waals surface area contributed by atoms with Crippen molar-refractivity contribution in [3.63, 3.8) is 0 Å². The first-order chi connectivity index (χ1) is 20.2. The zero-order valence-corrected chi connectivity index (χ0v) is 24.6. The van der Waals surface area contributed by atoms with Crippen LogP contribution in [0.2, 0.25) is 0 Å². The summed E-state index contributed by atoms with van der Waals surface area (Å²) in [5.41, 5.74) is 3.65. The van der Waals surface area contributed by atoms with E-state index in [2.05, 4.69) is 9.71 Å². The molecule has 0 spiro atoms. The summed E-state index contributed by atoms with van der Waals surface area (Å²) >= 11 is 0.190. The molecule has 0 saturated heterocycles. The van der Waals surface area contributed by atoms with Gasteiger partial charge in [-0.1, -0.05) is 6.07 Å². The fourth-order valence-corrected chi connectivity index (χ4v) is 6.82. The number of nitrogens with one attached hydrogen (secondary N) is 1. The summed E-state index contributed by atoms with van der Waals surface area (Å²) in [5.74, 6) is -1.77. The number of rotatable bonds is 10. The fraction of sp³-hybridized carbons (Fsp3) is 0.207. The van der Waals surface area contributed by atoms with E-state index in [1.165, 1.54) is 34.9 Å². The van der Waals surface area contributed by atoms with Gasteiger partial charge >= 0.3 is 5.97 Å². The van der Waals surface area contributed by atoms with Gasteiger partial charge in [-0.2, -0.15) is 5.10 Å². The quantitative estimate of drug-likeness (QED) is 0.142. The summed E-state index contributed by atoms with van der Waals surface area (Å²) in [7, 11) is 0. The van der Waals surface area contributed by atoms with Gasteiger partial charge in [-0.25, -0.2) is 27.5 Å². The lowest BCUT2D eigenvalue weighted by molar-refractivity contribution is 0.0691. The number of hydrogen-bond acceptors (Lipinski definition) is 6. The van der Waals surface area contributed by atoms with Crippen molar-refractivity contribution < 1.29 is 27.4 Å². The Labute approximate surface area is 250 Å². The predicted octanol–water partition coefficient (Wildman–Crippen LogP) is 7.10. The minimum absolute atomic E-state index is 0.105. The number of thiazole rings is 1. The third kappa shape index (κ3) is 5.91. The minimum atomic E-state index is -2.42. The Morgan fingerprint density at radius 3 is 2.60 bits per heavy atom. The Hall–Kier alpha value is -3.78. The van der Waals surface area contributed by atoms with Crippen molar-refractivity contribution >= 4 is 45.6 Å². The standard InChI is InChI=1S/C29H24F2N4O4S3/c1-15-2-9-26(41-15)19-13-18(6-7-21(19)30)27-20(10-17-5-8-23(22(31)11-17)34-42(38)39)24(12-16-3-4-16)33-35(27)29-32-25(14-40-29)28(36)37/h2,5-9,11,13-14,16,34H,3-4,10,12H2,1H3,(H,36,37)(H,38,39). The molecule has 2 aromatic carbocycles. The molecule has 0 amide bonds. The molecule has 1 aliphatic rings. The molecule has 42 heavy (non-hydrogen) atoms. The first kappa shape index (κ1) is 28.3. The second-order valence-electron chi connectivity index (χ2n) is 10.1. The van der Waals surface area contributed by atoms with Crippen molar-refractivity contribution in [2.24, 2.45) is 5.92 Å². The molecule has 6 rings (SSSR count). The van der Waals surface area contributed by atoms with E-state index in [-0.39, 0.29) is 23.6 Å². The second kappa shape index (κ2) is 11.5. The summed E-state index contributed by atoms with van der Waals surface area (Å²) in [5, 5.41) is 16.2. The van der Waals surface area contributed by atoms with E-state index in [1.54, 1.807) is 22.9 Å². The first-order valence-corrected chi connectivity index (χ1v) is 15.8. The van der Waals surface area contributed by atoms with Crippen LogP contribution in [0.1, 0.15) is 45.0 Å². The average molecular weight is 627 g/mol. The summed E-state index contributed by atoms with van der Waals surface area (Å²) in [6.07, 6.45) is 3.07. The van der Waals surface area contributed by atoms with Gasteiger partial charge in [-0.05, 0) is 80.1 Å². The molecule has 1 unspecified atom stereocenters. The van der Waals surface area contributed by atoms with Gasteiger partial charge in [-0.3, -0.25) is 9.27 Å². The van der Waals surface area contributed by atoms with Gasteiger partial charge in [0.25, 0.3) is 11.3 Å². The zero-order valence-electron chi connectivity index (χ0n) is 22.1. The number of carbonyl (C=O) groups is 1. The highest BCUT2D eigenvalue weighted by Gasteiger charge is 2.29. The molecular weight excluding hydrogens is 603 g/mol. The topological polar surface area (TPSA) is 117 Å². The van der Waals surface area contributed by atoms with E-state index in [0.717, 1.165) is 45.2 Å². The molecule has 0 radical (unpaired) electrons. The summed E-state index contributed by atoms with van der Waals surface area (Å²) in [6, 6.07) is 13.0. The van der Waals surface area contributed by atoms with E-state index in [9.17, 15) is 18.5 Å². The van der Waals surface area contributed by atoms with Crippen molar-refractivity contribution in [2.45, 2.75) is 32.6 Å². The second-order valence-corrected chi connectivity index (χ2v) is 12.9. The van der Waals surface area contributed by atoms with Gasteiger partial charge in [0.05, 0.1) is 17.1 Å². The smallest absolute Gasteiger partial charge is 0.355 e. The molecule has 3 aromatic heterocycles. The van der Waals surface area contributed by atoms with Crippen molar-refractivity contribution in [3.05, 3.63) is 92.9 Å². The molecule has 1 saturated carbocycles. The van der Waals surface area contributed by atoms with Crippen molar-refractivity contribution in [2.75, 3.05) is 4.72 Å². The van der Waals surface area contributed by atoms with Crippen LogP contribution in [0.3, 0.4) is 0 Å². The number of anilines is 1. The monoisotopic (exact) mass is 626 g/mol. The summed E-state index contributed by atoms with van der Waals surface area (Å²) in [6.45, 7) is 1.95. The minimum Gasteiger partial charge on any atom is -0.476 e. The average Bonchev–Trinajstić information content (AvgIpc) is 3.29. The third-order valence-electron chi connectivity index (χ3n) is 7.00. The molecular formula is C29H24F2N4O4S3. The Morgan fingerprint density at radius 2 is 1.95 bits per heavy atom. The lowest BCUT2D eigenvalue weighted by Gasteiger charge is -2.12. The number of thiophene rings is 1. The number of hydrogen-bond donors (Lipinski definition) is 3. The van der Waals surface area contributed by atoms with Crippen LogP contribution in [0.5, 0.6) is 0 Å². The maximum absolute atomic E-state index is 15.1. The molecule has 13 heteroatoms. The molecule has 216 valence electrons. The number of aromatic carboxylic acids is 1. The molecule has 5 aromatic rings. The molecule has 1 aliphatic carbocycles. The summed E-state index contributed by atoms with van der Waals surface area (Å²) < 4.78 is 54.0. The Kier molecular flexibility index (Phi) is 7.75. The highest BCUT2D eigenvalue weighted by atomic mass is 32.2. The van der Waals surface area contributed by atoms with Crippen molar-refractivity contribution in [1.29, 1.82) is 0 Å².